The lowest BCUT2D eigenvalue weighted by Gasteiger charge is -2.32. The van der Waals surface area contributed by atoms with Gasteiger partial charge < -0.3 is 14.6 Å². The average Bonchev–Trinajstić information content (AvgIpc) is 2.79. The van der Waals surface area contributed by atoms with E-state index in [1.165, 1.54) is 0 Å². The standard InChI is InChI=1S/C21H28BNO3/c1-14(2)13-23-19(24)17-11-7-10-16-15(17)9-8-12-18(16)22-25-20(3,4)21(5,6)26-22/h7-12,14H,13H2,1-6H3,(H,23,24). The number of carbonyl (C=O) groups excluding carboxylic acids is 1. The Hall–Kier alpha value is -1.85. The maximum Gasteiger partial charge on any atom is 0.495 e. The van der Waals surface area contributed by atoms with E-state index in [0.29, 0.717) is 18.0 Å². The molecule has 1 amide bonds. The van der Waals surface area contributed by atoms with Crippen LogP contribution < -0.4 is 10.8 Å². The Morgan fingerprint density at radius 1 is 1.00 bits per heavy atom. The summed E-state index contributed by atoms with van der Waals surface area (Å²) in [6, 6.07) is 11.8. The van der Waals surface area contributed by atoms with Crippen molar-refractivity contribution in [1.82, 2.24) is 5.32 Å². The van der Waals surface area contributed by atoms with Crippen molar-refractivity contribution in [2.24, 2.45) is 5.92 Å². The van der Waals surface area contributed by atoms with Crippen molar-refractivity contribution >= 4 is 29.3 Å². The predicted octanol–water partition coefficient (Wildman–Crippen LogP) is 3.52. The molecule has 0 saturated carbocycles. The Balaban J connectivity index is 2.00. The lowest BCUT2D eigenvalue weighted by atomic mass is 9.75. The minimum atomic E-state index is -0.447. The zero-order valence-electron chi connectivity index (χ0n) is 16.6. The zero-order valence-corrected chi connectivity index (χ0v) is 16.6. The van der Waals surface area contributed by atoms with Crippen LogP contribution in [0.15, 0.2) is 36.4 Å². The molecule has 1 aliphatic rings. The van der Waals surface area contributed by atoms with Crippen LogP contribution in [0.4, 0.5) is 0 Å². The Morgan fingerprint density at radius 2 is 1.58 bits per heavy atom. The van der Waals surface area contributed by atoms with Crippen LogP contribution >= 0.6 is 0 Å². The van der Waals surface area contributed by atoms with Crippen LogP contribution in [0.3, 0.4) is 0 Å². The van der Waals surface area contributed by atoms with Gasteiger partial charge in [0.2, 0.25) is 0 Å². The summed E-state index contributed by atoms with van der Waals surface area (Å²) in [5.74, 6) is 0.365. The molecule has 138 valence electrons. The summed E-state index contributed by atoms with van der Waals surface area (Å²) in [6.07, 6.45) is 0. The highest BCUT2D eigenvalue weighted by Gasteiger charge is 2.52. The summed E-state index contributed by atoms with van der Waals surface area (Å²) < 4.78 is 12.4. The fourth-order valence-corrected chi connectivity index (χ4v) is 3.10. The number of nitrogens with one attached hydrogen (secondary N) is 1. The van der Waals surface area contributed by atoms with Crippen molar-refractivity contribution in [3.8, 4) is 0 Å². The number of hydrogen-bond acceptors (Lipinski definition) is 3. The van der Waals surface area contributed by atoms with Crippen molar-refractivity contribution in [3.05, 3.63) is 42.0 Å². The molecule has 0 radical (unpaired) electrons. The normalized spacial score (nSPS) is 18.5. The van der Waals surface area contributed by atoms with Crippen molar-refractivity contribution in [3.63, 3.8) is 0 Å². The summed E-state index contributed by atoms with van der Waals surface area (Å²) in [4.78, 5) is 12.6. The molecular weight excluding hydrogens is 325 g/mol. The Labute approximate surface area is 156 Å². The van der Waals surface area contributed by atoms with Gasteiger partial charge in [-0.25, -0.2) is 0 Å². The molecule has 0 bridgehead atoms. The van der Waals surface area contributed by atoms with Crippen molar-refractivity contribution in [2.75, 3.05) is 6.54 Å². The quantitative estimate of drug-likeness (QED) is 0.856. The topological polar surface area (TPSA) is 47.6 Å². The van der Waals surface area contributed by atoms with Crippen molar-refractivity contribution in [2.45, 2.75) is 52.7 Å². The van der Waals surface area contributed by atoms with Crippen LogP contribution in [-0.4, -0.2) is 30.8 Å². The summed E-state index contributed by atoms with van der Waals surface area (Å²) in [6.45, 7) is 13.0. The van der Waals surface area contributed by atoms with Crippen LogP contribution in [0, 0.1) is 5.92 Å². The molecule has 26 heavy (non-hydrogen) atoms. The molecule has 1 fully saturated rings. The second-order valence-electron chi connectivity index (χ2n) is 8.44. The van der Waals surface area contributed by atoms with Gasteiger partial charge in [-0.15, -0.1) is 0 Å². The average molecular weight is 353 g/mol. The van der Waals surface area contributed by atoms with Gasteiger partial charge in [0.1, 0.15) is 0 Å². The Kier molecular flexibility index (Phi) is 4.89. The largest absolute Gasteiger partial charge is 0.495 e. The van der Waals surface area contributed by atoms with Gasteiger partial charge in [0.25, 0.3) is 5.91 Å². The molecule has 3 rings (SSSR count). The highest BCUT2D eigenvalue weighted by atomic mass is 16.7. The molecular formula is C21H28BNO3. The van der Waals surface area contributed by atoms with Gasteiger partial charge in [-0.2, -0.15) is 0 Å². The monoisotopic (exact) mass is 353 g/mol. The van der Waals surface area contributed by atoms with Gasteiger partial charge in [-0.3, -0.25) is 4.79 Å². The molecule has 2 aromatic rings. The Morgan fingerprint density at radius 3 is 2.19 bits per heavy atom. The van der Waals surface area contributed by atoms with Gasteiger partial charge in [0.05, 0.1) is 11.2 Å². The van der Waals surface area contributed by atoms with E-state index in [1.54, 1.807) is 0 Å². The van der Waals surface area contributed by atoms with Crippen LogP contribution in [0.1, 0.15) is 51.9 Å². The SMILES string of the molecule is CC(C)CNC(=O)c1cccc2c(B3OC(C)(C)C(C)(C)O3)cccc12. The summed E-state index contributed by atoms with van der Waals surface area (Å²) in [7, 11) is -0.447. The van der Waals surface area contributed by atoms with Gasteiger partial charge >= 0.3 is 7.12 Å². The first-order valence-corrected chi connectivity index (χ1v) is 9.28. The number of hydrogen-bond donors (Lipinski definition) is 1. The van der Waals surface area contributed by atoms with Crippen LogP contribution in [0.5, 0.6) is 0 Å². The molecule has 0 aromatic heterocycles. The van der Waals surface area contributed by atoms with E-state index in [4.69, 9.17) is 9.31 Å². The van der Waals surface area contributed by atoms with Crippen molar-refractivity contribution in [1.29, 1.82) is 0 Å². The molecule has 0 atom stereocenters. The van der Waals surface area contributed by atoms with E-state index < -0.39 is 18.3 Å². The number of amides is 1. The van der Waals surface area contributed by atoms with Crippen molar-refractivity contribution < 1.29 is 14.1 Å². The van der Waals surface area contributed by atoms with Crippen LogP contribution in [0.2, 0.25) is 0 Å². The third kappa shape index (κ3) is 3.38. The molecule has 1 heterocycles. The van der Waals surface area contributed by atoms with E-state index in [9.17, 15) is 4.79 Å². The molecule has 1 saturated heterocycles. The molecule has 4 nitrogen and oxygen atoms in total. The van der Waals surface area contributed by atoms with Gasteiger partial charge in [-0.05, 0) is 55.9 Å². The lowest BCUT2D eigenvalue weighted by molar-refractivity contribution is 0.00578. The third-order valence-electron chi connectivity index (χ3n) is 5.38. The fourth-order valence-electron chi connectivity index (χ4n) is 3.10. The molecule has 0 unspecified atom stereocenters. The highest BCUT2D eigenvalue weighted by Crippen LogP contribution is 2.37. The first kappa shape index (κ1) is 18.9. The molecule has 0 aliphatic carbocycles. The molecule has 0 spiro atoms. The number of carbonyl (C=O) groups is 1. The minimum absolute atomic E-state index is 0.0460. The molecule has 2 aromatic carbocycles. The van der Waals surface area contributed by atoms with Crippen LogP contribution in [-0.2, 0) is 9.31 Å². The van der Waals surface area contributed by atoms with E-state index in [-0.39, 0.29) is 5.91 Å². The third-order valence-corrected chi connectivity index (χ3v) is 5.38. The summed E-state index contributed by atoms with van der Waals surface area (Å²) in [5.41, 5.74) is 0.846. The van der Waals surface area contributed by atoms with Gasteiger partial charge in [0.15, 0.2) is 0 Å². The smallest absolute Gasteiger partial charge is 0.399 e. The maximum absolute atomic E-state index is 12.6. The first-order chi connectivity index (χ1) is 12.1. The van der Waals surface area contributed by atoms with Crippen LogP contribution in [0.25, 0.3) is 10.8 Å². The van der Waals surface area contributed by atoms with E-state index in [1.807, 2.05) is 64.1 Å². The molecule has 1 N–H and O–H groups in total. The maximum atomic E-state index is 12.6. The molecule has 1 aliphatic heterocycles. The van der Waals surface area contributed by atoms with Gasteiger partial charge in [-0.1, -0.05) is 44.2 Å². The minimum Gasteiger partial charge on any atom is -0.399 e. The fraction of sp³-hybridized carbons (Fsp3) is 0.476. The second kappa shape index (κ2) is 6.71. The number of rotatable bonds is 4. The van der Waals surface area contributed by atoms with E-state index >= 15 is 0 Å². The number of fused-ring (bicyclic) bond motifs is 1. The summed E-state index contributed by atoms with van der Waals surface area (Å²) in [5, 5.41) is 4.91. The first-order valence-electron chi connectivity index (χ1n) is 9.28. The highest BCUT2D eigenvalue weighted by molar-refractivity contribution is 6.65. The lowest BCUT2D eigenvalue weighted by Crippen LogP contribution is -2.41. The van der Waals surface area contributed by atoms with E-state index in [2.05, 4.69) is 19.2 Å². The molecule has 5 heteroatoms. The zero-order chi connectivity index (χ0) is 19.1. The summed E-state index contributed by atoms with van der Waals surface area (Å²) >= 11 is 0. The van der Waals surface area contributed by atoms with Gasteiger partial charge in [0, 0.05) is 12.1 Å². The Bertz CT molecular complexity index is 813. The predicted molar refractivity (Wildman–Crippen MR) is 107 cm³/mol. The second-order valence-corrected chi connectivity index (χ2v) is 8.44. The van der Waals surface area contributed by atoms with E-state index in [0.717, 1.165) is 16.2 Å². The number of benzene rings is 2.